The van der Waals surface area contributed by atoms with E-state index in [1.54, 1.807) is 29.2 Å². The summed E-state index contributed by atoms with van der Waals surface area (Å²) in [4.78, 5) is 26.8. The molecule has 0 bridgehead atoms. The van der Waals surface area contributed by atoms with Gasteiger partial charge in [-0.05, 0) is 18.2 Å². The smallest absolute Gasteiger partial charge is 0.339 e. The van der Waals surface area contributed by atoms with Gasteiger partial charge in [0.2, 0.25) is 6.10 Å². The molecule has 0 aromatic heterocycles. The van der Waals surface area contributed by atoms with Crippen molar-refractivity contribution in [2.75, 3.05) is 26.3 Å². The van der Waals surface area contributed by atoms with Gasteiger partial charge in [-0.3, -0.25) is 4.79 Å². The third kappa shape index (κ3) is 4.22. The first-order valence-corrected chi connectivity index (χ1v) is 8.03. The van der Waals surface area contributed by atoms with Gasteiger partial charge in [0.25, 0.3) is 5.91 Å². The summed E-state index contributed by atoms with van der Waals surface area (Å²) in [5.74, 6) is -1.58. The first kappa shape index (κ1) is 17.1. The second-order valence-electron chi connectivity index (χ2n) is 5.64. The Balaban J connectivity index is 1.83. The lowest BCUT2D eigenvalue weighted by Crippen LogP contribution is -2.44. The Kier molecular flexibility index (Phi) is 5.40. The van der Waals surface area contributed by atoms with Crippen molar-refractivity contribution in [1.29, 1.82) is 0 Å². The van der Waals surface area contributed by atoms with E-state index >= 15 is 0 Å². The van der Waals surface area contributed by atoms with Crippen LogP contribution in [0.4, 0.5) is 4.39 Å². The summed E-state index contributed by atoms with van der Waals surface area (Å²) in [7, 11) is 0. The lowest BCUT2D eigenvalue weighted by atomic mass is 10.1. The lowest BCUT2D eigenvalue weighted by Gasteiger charge is -2.30. The van der Waals surface area contributed by atoms with Crippen LogP contribution in [-0.2, 0) is 14.3 Å². The highest BCUT2D eigenvalue weighted by Gasteiger charge is 2.30. The zero-order valence-corrected chi connectivity index (χ0v) is 13.6. The predicted octanol–water partition coefficient (Wildman–Crippen LogP) is 2.58. The fourth-order valence-electron chi connectivity index (χ4n) is 2.63. The minimum atomic E-state index is -1.07. The molecule has 1 heterocycles. The number of amides is 1. The van der Waals surface area contributed by atoms with Crippen LogP contribution in [0.15, 0.2) is 54.6 Å². The summed E-state index contributed by atoms with van der Waals surface area (Å²) in [6.45, 7) is 1.79. The van der Waals surface area contributed by atoms with E-state index in [1.165, 1.54) is 18.2 Å². The summed E-state index contributed by atoms with van der Waals surface area (Å²) in [5, 5.41) is 0. The van der Waals surface area contributed by atoms with Crippen LogP contribution in [0.3, 0.4) is 0 Å². The highest BCUT2D eigenvalue weighted by Crippen LogP contribution is 2.22. The first-order chi connectivity index (χ1) is 12.1. The second-order valence-corrected chi connectivity index (χ2v) is 5.64. The van der Waals surface area contributed by atoms with Crippen molar-refractivity contribution in [3.63, 3.8) is 0 Å². The number of hydrogen-bond donors (Lipinski definition) is 0. The Morgan fingerprint density at radius 3 is 2.44 bits per heavy atom. The monoisotopic (exact) mass is 343 g/mol. The molecule has 0 saturated carbocycles. The van der Waals surface area contributed by atoms with Gasteiger partial charge in [-0.1, -0.05) is 36.4 Å². The number of carbonyl (C=O) groups is 2. The van der Waals surface area contributed by atoms with E-state index in [1.807, 2.05) is 6.07 Å². The van der Waals surface area contributed by atoms with E-state index in [0.29, 0.717) is 31.9 Å². The average molecular weight is 343 g/mol. The van der Waals surface area contributed by atoms with Crippen LogP contribution < -0.4 is 0 Å². The Bertz CT molecular complexity index is 744. The van der Waals surface area contributed by atoms with Crippen molar-refractivity contribution in [3.05, 3.63) is 71.5 Å². The molecule has 0 unspecified atom stereocenters. The van der Waals surface area contributed by atoms with Crippen molar-refractivity contribution in [2.45, 2.75) is 6.10 Å². The molecule has 6 heteroatoms. The molecular weight excluding hydrogens is 325 g/mol. The Morgan fingerprint density at radius 1 is 1.04 bits per heavy atom. The third-order valence-electron chi connectivity index (χ3n) is 3.93. The summed E-state index contributed by atoms with van der Waals surface area (Å²) < 4.78 is 24.1. The molecule has 1 aliphatic heterocycles. The van der Waals surface area contributed by atoms with Crippen molar-refractivity contribution < 1.29 is 23.5 Å². The molecular formula is C19H18FNO4. The molecule has 0 radical (unpaired) electrons. The maximum atomic E-state index is 13.3. The minimum Gasteiger partial charge on any atom is -0.444 e. The number of benzene rings is 2. The molecule has 25 heavy (non-hydrogen) atoms. The molecule has 3 rings (SSSR count). The summed E-state index contributed by atoms with van der Waals surface area (Å²) in [6.07, 6.45) is -1.07. The fourth-order valence-corrected chi connectivity index (χ4v) is 2.63. The first-order valence-electron chi connectivity index (χ1n) is 8.03. The summed E-state index contributed by atoms with van der Waals surface area (Å²) >= 11 is 0. The van der Waals surface area contributed by atoms with E-state index in [-0.39, 0.29) is 11.5 Å². The highest BCUT2D eigenvalue weighted by molar-refractivity contribution is 5.92. The maximum absolute atomic E-state index is 13.3. The van der Waals surface area contributed by atoms with Crippen LogP contribution >= 0.6 is 0 Å². The molecule has 1 amide bonds. The number of hydrogen-bond acceptors (Lipinski definition) is 4. The van der Waals surface area contributed by atoms with Gasteiger partial charge in [0.15, 0.2) is 0 Å². The largest absolute Gasteiger partial charge is 0.444 e. The molecule has 2 aromatic rings. The minimum absolute atomic E-state index is 0.0655. The number of nitrogens with zero attached hydrogens (tertiary/aromatic N) is 1. The van der Waals surface area contributed by atoms with Crippen molar-refractivity contribution in [3.8, 4) is 0 Å². The normalized spacial score (nSPS) is 15.5. The van der Waals surface area contributed by atoms with Crippen LogP contribution in [0.5, 0.6) is 0 Å². The van der Waals surface area contributed by atoms with Crippen LogP contribution in [0, 0.1) is 5.82 Å². The standard InChI is InChI=1S/C19H18FNO4/c20-16-8-4-7-15(13-16)19(23)25-17(14-5-2-1-3-6-14)18(22)21-9-11-24-12-10-21/h1-8,13,17H,9-12H2/t17-/m0/s1. The van der Waals surface area contributed by atoms with E-state index in [2.05, 4.69) is 0 Å². The molecule has 0 aliphatic carbocycles. The SMILES string of the molecule is O=C(O[C@H](C(=O)N1CCOCC1)c1ccccc1)c1cccc(F)c1. The topological polar surface area (TPSA) is 55.8 Å². The Morgan fingerprint density at radius 2 is 1.76 bits per heavy atom. The van der Waals surface area contributed by atoms with Gasteiger partial charge in [0.1, 0.15) is 5.82 Å². The summed E-state index contributed by atoms with van der Waals surface area (Å²) in [6, 6.07) is 14.0. The predicted molar refractivity (Wildman–Crippen MR) is 88.4 cm³/mol. The Hall–Kier alpha value is -2.73. The van der Waals surface area contributed by atoms with E-state index in [9.17, 15) is 14.0 Å². The molecule has 0 N–H and O–H groups in total. The van der Waals surface area contributed by atoms with Gasteiger partial charge >= 0.3 is 5.97 Å². The number of carbonyl (C=O) groups excluding carboxylic acids is 2. The molecule has 1 aliphatic rings. The summed E-state index contributed by atoms with van der Waals surface area (Å²) in [5.41, 5.74) is 0.638. The Labute approximate surface area is 145 Å². The van der Waals surface area contributed by atoms with Crippen molar-refractivity contribution in [1.82, 2.24) is 4.90 Å². The molecule has 1 atom stereocenters. The third-order valence-corrected chi connectivity index (χ3v) is 3.93. The van der Waals surface area contributed by atoms with Gasteiger partial charge < -0.3 is 14.4 Å². The van der Waals surface area contributed by atoms with Crippen LogP contribution in [0.2, 0.25) is 0 Å². The molecule has 5 nitrogen and oxygen atoms in total. The highest BCUT2D eigenvalue weighted by atomic mass is 19.1. The van der Waals surface area contributed by atoms with Crippen LogP contribution in [-0.4, -0.2) is 43.1 Å². The number of esters is 1. The zero-order valence-electron chi connectivity index (χ0n) is 13.6. The van der Waals surface area contributed by atoms with Gasteiger partial charge in [-0.25, -0.2) is 9.18 Å². The number of ether oxygens (including phenoxy) is 2. The van der Waals surface area contributed by atoms with Crippen LogP contribution in [0.1, 0.15) is 22.0 Å². The van der Waals surface area contributed by atoms with E-state index in [4.69, 9.17) is 9.47 Å². The fraction of sp³-hybridized carbons (Fsp3) is 0.263. The van der Waals surface area contributed by atoms with Crippen LogP contribution in [0.25, 0.3) is 0 Å². The second kappa shape index (κ2) is 7.90. The molecule has 2 aromatic carbocycles. The lowest BCUT2D eigenvalue weighted by molar-refractivity contribution is -0.145. The van der Waals surface area contributed by atoms with Gasteiger partial charge in [0.05, 0.1) is 18.8 Å². The maximum Gasteiger partial charge on any atom is 0.339 e. The quantitative estimate of drug-likeness (QED) is 0.801. The van der Waals surface area contributed by atoms with Gasteiger partial charge in [0, 0.05) is 18.7 Å². The van der Waals surface area contributed by atoms with Crippen molar-refractivity contribution in [2.24, 2.45) is 0 Å². The zero-order chi connectivity index (χ0) is 17.6. The van der Waals surface area contributed by atoms with E-state index in [0.717, 1.165) is 6.07 Å². The number of halogens is 1. The number of rotatable bonds is 4. The molecule has 130 valence electrons. The molecule has 1 saturated heterocycles. The van der Waals surface area contributed by atoms with Crippen molar-refractivity contribution >= 4 is 11.9 Å². The van der Waals surface area contributed by atoms with Gasteiger partial charge in [-0.15, -0.1) is 0 Å². The molecule has 1 fully saturated rings. The molecule has 0 spiro atoms. The number of morpholine rings is 1. The van der Waals surface area contributed by atoms with E-state index < -0.39 is 17.9 Å². The average Bonchev–Trinajstić information content (AvgIpc) is 2.67. The van der Waals surface area contributed by atoms with Gasteiger partial charge in [-0.2, -0.15) is 0 Å².